The Balaban J connectivity index is 2.00. The minimum atomic E-state index is -0.334. The van der Waals surface area contributed by atoms with E-state index in [9.17, 15) is 4.79 Å². The molecule has 0 atom stereocenters. The summed E-state index contributed by atoms with van der Waals surface area (Å²) < 4.78 is 6.99. The molecule has 0 aliphatic carbocycles. The third-order valence-corrected chi connectivity index (χ3v) is 2.85. The zero-order valence-electron chi connectivity index (χ0n) is 10.7. The van der Waals surface area contributed by atoms with Gasteiger partial charge in [-0.3, -0.25) is 0 Å². The number of fused-ring (bicyclic) bond motifs is 1. The first-order valence-corrected chi connectivity index (χ1v) is 6.00. The van der Waals surface area contributed by atoms with Crippen LogP contribution in [0.25, 0.3) is 5.65 Å². The number of nitrogens with zero attached hydrogens (tertiary/aromatic N) is 3. The van der Waals surface area contributed by atoms with Gasteiger partial charge < -0.3 is 9.84 Å². The van der Waals surface area contributed by atoms with Crippen LogP contribution in [0, 0.1) is 6.92 Å². The predicted octanol–water partition coefficient (Wildman–Crippen LogP) is 1.01. The maximum Gasteiger partial charge on any atom is 0.349 e. The summed E-state index contributed by atoms with van der Waals surface area (Å²) in [5.74, 6) is 1.38. The molecule has 0 spiro atoms. The zero-order chi connectivity index (χ0) is 14.1. The minimum Gasteiger partial charge on any atom is -0.439 e. The SMILES string of the molecule is Cc1nc(Oc2cccc(CO)c2)cc2n[nH]c(=O)n12. The quantitative estimate of drug-likeness (QED) is 0.742. The number of H-pyrrole nitrogens is 1. The van der Waals surface area contributed by atoms with Crippen molar-refractivity contribution in [1.29, 1.82) is 0 Å². The van der Waals surface area contributed by atoms with Crippen LogP contribution in [0.3, 0.4) is 0 Å². The van der Waals surface area contributed by atoms with Crippen LogP contribution in [0.5, 0.6) is 11.6 Å². The van der Waals surface area contributed by atoms with Crippen molar-refractivity contribution in [2.45, 2.75) is 13.5 Å². The third-order valence-electron chi connectivity index (χ3n) is 2.85. The van der Waals surface area contributed by atoms with E-state index in [0.29, 0.717) is 23.1 Å². The molecule has 20 heavy (non-hydrogen) atoms. The normalized spacial score (nSPS) is 10.9. The lowest BCUT2D eigenvalue weighted by molar-refractivity contribution is 0.281. The monoisotopic (exact) mass is 272 g/mol. The Kier molecular flexibility index (Phi) is 2.96. The van der Waals surface area contributed by atoms with Gasteiger partial charge in [0.25, 0.3) is 0 Å². The molecule has 0 aliphatic heterocycles. The van der Waals surface area contributed by atoms with Crippen molar-refractivity contribution in [2.75, 3.05) is 0 Å². The number of hydrogen-bond acceptors (Lipinski definition) is 5. The van der Waals surface area contributed by atoms with E-state index in [4.69, 9.17) is 9.84 Å². The zero-order valence-corrected chi connectivity index (χ0v) is 10.7. The molecule has 2 N–H and O–H groups in total. The molecule has 102 valence electrons. The van der Waals surface area contributed by atoms with Crippen LogP contribution in [0.2, 0.25) is 0 Å². The van der Waals surface area contributed by atoms with Gasteiger partial charge in [0.05, 0.1) is 6.61 Å². The molecule has 2 heterocycles. The lowest BCUT2D eigenvalue weighted by Gasteiger charge is -2.07. The molecule has 3 aromatic rings. The fourth-order valence-electron chi connectivity index (χ4n) is 1.95. The van der Waals surface area contributed by atoms with Gasteiger partial charge in [0.1, 0.15) is 11.6 Å². The van der Waals surface area contributed by atoms with Crippen LogP contribution in [0.15, 0.2) is 35.1 Å². The van der Waals surface area contributed by atoms with Crippen LogP contribution >= 0.6 is 0 Å². The topological polar surface area (TPSA) is 92.5 Å². The van der Waals surface area contributed by atoms with Crippen molar-refractivity contribution in [3.05, 3.63) is 52.2 Å². The summed E-state index contributed by atoms with van der Waals surface area (Å²) in [5.41, 5.74) is 0.853. The third kappa shape index (κ3) is 2.14. The fourth-order valence-corrected chi connectivity index (χ4v) is 1.95. The average Bonchev–Trinajstić information content (AvgIpc) is 2.81. The van der Waals surface area contributed by atoms with E-state index in [1.807, 2.05) is 0 Å². The van der Waals surface area contributed by atoms with Crippen LogP contribution in [0.1, 0.15) is 11.4 Å². The van der Waals surface area contributed by atoms with Crippen LogP contribution in [0.4, 0.5) is 0 Å². The molecule has 3 rings (SSSR count). The van der Waals surface area contributed by atoms with Gasteiger partial charge in [0.15, 0.2) is 5.65 Å². The predicted molar refractivity (Wildman–Crippen MR) is 70.8 cm³/mol. The molecule has 0 unspecified atom stereocenters. The molecule has 7 heteroatoms. The van der Waals surface area contributed by atoms with Gasteiger partial charge in [-0.1, -0.05) is 12.1 Å². The van der Waals surface area contributed by atoms with Gasteiger partial charge in [0, 0.05) is 6.07 Å². The summed E-state index contributed by atoms with van der Waals surface area (Å²) in [6.45, 7) is 1.64. The highest BCUT2D eigenvalue weighted by Gasteiger charge is 2.08. The first-order chi connectivity index (χ1) is 9.67. The lowest BCUT2D eigenvalue weighted by Crippen LogP contribution is -2.13. The highest BCUT2D eigenvalue weighted by atomic mass is 16.5. The van der Waals surface area contributed by atoms with E-state index in [1.54, 1.807) is 37.3 Å². The second-order valence-corrected chi connectivity index (χ2v) is 4.27. The Bertz CT molecular complexity index is 822. The van der Waals surface area contributed by atoms with Gasteiger partial charge in [0.2, 0.25) is 5.88 Å². The van der Waals surface area contributed by atoms with Gasteiger partial charge in [-0.05, 0) is 24.6 Å². The standard InChI is InChI=1S/C13H12N4O3/c1-8-14-12(6-11-15-16-13(19)17(8)11)20-10-4-2-3-9(5-10)7-18/h2-6,18H,7H2,1H3,(H,16,19). The Morgan fingerprint density at radius 2 is 2.25 bits per heavy atom. The first-order valence-electron chi connectivity index (χ1n) is 6.00. The van der Waals surface area contributed by atoms with Gasteiger partial charge in [-0.15, -0.1) is 0 Å². The molecule has 0 aliphatic rings. The Hall–Kier alpha value is -2.67. The molecule has 2 aromatic heterocycles. The maximum atomic E-state index is 11.5. The number of aryl methyl sites for hydroxylation is 1. The second kappa shape index (κ2) is 4.78. The fraction of sp³-hybridized carbons (Fsp3) is 0.154. The highest BCUT2D eigenvalue weighted by Crippen LogP contribution is 2.21. The van der Waals surface area contributed by atoms with Gasteiger partial charge in [-0.25, -0.2) is 14.3 Å². The molecule has 0 amide bonds. The molecule has 1 aromatic carbocycles. The summed E-state index contributed by atoms with van der Waals surface area (Å²) in [6.07, 6.45) is 0. The molecule has 0 radical (unpaired) electrons. The number of aliphatic hydroxyl groups excluding tert-OH is 1. The molecule has 0 saturated heterocycles. The van der Waals surface area contributed by atoms with Gasteiger partial charge >= 0.3 is 5.69 Å². The Morgan fingerprint density at radius 3 is 3.05 bits per heavy atom. The van der Waals surface area contributed by atoms with Crippen molar-refractivity contribution in [1.82, 2.24) is 19.6 Å². The smallest absolute Gasteiger partial charge is 0.349 e. The van der Waals surface area contributed by atoms with Crippen molar-refractivity contribution >= 4 is 5.65 Å². The number of aromatic amines is 1. The number of nitrogens with one attached hydrogen (secondary N) is 1. The van der Waals surface area contributed by atoms with E-state index < -0.39 is 0 Å². The van der Waals surface area contributed by atoms with Crippen LogP contribution in [-0.2, 0) is 6.61 Å². The molecular formula is C13H12N4O3. The number of hydrogen-bond donors (Lipinski definition) is 2. The van der Waals surface area contributed by atoms with E-state index >= 15 is 0 Å². The molecule has 0 fully saturated rings. The molecule has 7 nitrogen and oxygen atoms in total. The average molecular weight is 272 g/mol. The van der Waals surface area contributed by atoms with Crippen molar-refractivity contribution in [3.8, 4) is 11.6 Å². The van der Waals surface area contributed by atoms with Gasteiger partial charge in [-0.2, -0.15) is 10.1 Å². The number of aliphatic hydroxyl groups is 1. The minimum absolute atomic E-state index is 0.0581. The summed E-state index contributed by atoms with van der Waals surface area (Å²) in [4.78, 5) is 15.7. The first kappa shape index (κ1) is 12.4. The number of rotatable bonds is 3. The summed E-state index contributed by atoms with van der Waals surface area (Å²) in [5, 5.41) is 15.3. The van der Waals surface area contributed by atoms with Crippen LogP contribution in [-0.4, -0.2) is 24.7 Å². The number of aromatic nitrogens is 4. The van der Waals surface area contributed by atoms with E-state index in [2.05, 4.69) is 15.2 Å². The highest BCUT2D eigenvalue weighted by molar-refractivity contribution is 5.42. The van der Waals surface area contributed by atoms with E-state index in [0.717, 1.165) is 5.56 Å². The molecule has 0 bridgehead atoms. The summed E-state index contributed by atoms with van der Waals surface area (Å²) in [6, 6.07) is 8.62. The molecule has 0 saturated carbocycles. The molecular weight excluding hydrogens is 260 g/mol. The number of ether oxygens (including phenoxy) is 1. The van der Waals surface area contributed by atoms with Crippen molar-refractivity contribution < 1.29 is 9.84 Å². The van der Waals surface area contributed by atoms with E-state index in [-0.39, 0.29) is 12.3 Å². The van der Waals surface area contributed by atoms with Crippen molar-refractivity contribution in [3.63, 3.8) is 0 Å². The Labute approximate surface area is 113 Å². The van der Waals surface area contributed by atoms with Crippen molar-refractivity contribution in [2.24, 2.45) is 0 Å². The van der Waals surface area contributed by atoms with E-state index in [1.165, 1.54) is 4.40 Å². The lowest BCUT2D eigenvalue weighted by atomic mass is 10.2. The maximum absolute atomic E-state index is 11.5. The second-order valence-electron chi connectivity index (χ2n) is 4.27. The van der Waals surface area contributed by atoms with Crippen LogP contribution < -0.4 is 10.4 Å². The summed E-state index contributed by atoms with van der Waals surface area (Å²) >= 11 is 0. The number of benzene rings is 1. The largest absolute Gasteiger partial charge is 0.439 e. The Morgan fingerprint density at radius 1 is 1.40 bits per heavy atom. The summed E-state index contributed by atoms with van der Waals surface area (Å²) in [7, 11) is 0.